The maximum absolute atomic E-state index is 12.8. The Labute approximate surface area is 187 Å². The van der Waals surface area contributed by atoms with Gasteiger partial charge in [-0.2, -0.15) is 18.4 Å². The van der Waals surface area contributed by atoms with Crippen molar-refractivity contribution in [3.05, 3.63) is 82.8 Å². The molecule has 0 aliphatic rings. The fourth-order valence-electron chi connectivity index (χ4n) is 2.91. The maximum atomic E-state index is 12.8. The summed E-state index contributed by atoms with van der Waals surface area (Å²) in [6.45, 7) is 2.08. The summed E-state index contributed by atoms with van der Waals surface area (Å²) in [7, 11) is 0. The van der Waals surface area contributed by atoms with Gasteiger partial charge in [-0.25, -0.2) is 4.79 Å². The lowest BCUT2D eigenvalue weighted by atomic mass is 10.0. The molecule has 1 heterocycles. The summed E-state index contributed by atoms with van der Waals surface area (Å²) in [4.78, 5) is 10.9. The molecule has 0 saturated heterocycles. The van der Waals surface area contributed by atoms with E-state index in [1.54, 1.807) is 25.1 Å². The van der Waals surface area contributed by atoms with Crippen LogP contribution >= 0.6 is 0 Å². The van der Waals surface area contributed by atoms with Crippen LogP contribution in [0.4, 0.5) is 13.2 Å². The standard InChI is InChI=1S/C24H18F3NO5/c1-2-31-22-12-15(3-9-20(22)32-14-19-8-10-21(33-19)23(29)30)11-17(13-28)16-4-6-18(7-5-16)24(25,26)27/h3-12H,2,14H2,1H3,(H,29,30). The van der Waals surface area contributed by atoms with Crippen molar-refractivity contribution in [2.45, 2.75) is 19.7 Å². The lowest BCUT2D eigenvalue weighted by Gasteiger charge is -2.12. The van der Waals surface area contributed by atoms with Gasteiger partial charge in [0.2, 0.25) is 5.76 Å². The van der Waals surface area contributed by atoms with Gasteiger partial charge in [-0.3, -0.25) is 0 Å². The molecular formula is C24H18F3NO5. The normalized spacial score (nSPS) is 11.7. The van der Waals surface area contributed by atoms with Crippen molar-refractivity contribution in [3.63, 3.8) is 0 Å². The van der Waals surface area contributed by atoms with E-state index in [2.05, 4.69) is 0 Å². The fourth-order valence-corrected chi connectivity index (χ4v) is 2.91. The lowest BCUT2D eigenvalue weighted by Crippen LogP contribution is -2.04. The number of furan rings is 1. The first-order valence-electron chi connectivity index (χ1n) is 9.72. The minimum absolute atomic E-state index is 0.0302. The number of alkyl halides is 3. The molecule has 6 nitrogen and oxygen atoms in total. The SMILES string of the molecule is CCOc1cc(C=C(C#N)c2ccc(C(F)(F)F)cc2)ccc1OCc1ccc(C(=O)O)o1. The van der Waals surface area contributed by atoms with E-state index >= 15 is 0 Å². The molecule has 3 aromatic rings. The monoisotopic (exact) mass is 457 g/mol. The third-order valence-electron chi connectivity index (χ3n) is 4.46. The average Bonchev–Trinajstić information content (AvgIpc) is 3.26. The number of carbonyl (C=O) groups is 1. The van der Waals surface area contributed by atoms with E-state index in [0.29, 0.717) is 35.0 Å². The Bertz CT molecular complexity index is 1200. The van der Waals surface area contributed by atoms with Gasteiger partial charge < -0.3 is 19.0 Å². The fraction of sp³-hybridized carbons (Fsp3) is 0.167. The Kier molecular flexibility index (Phi) is 7.08. The molecule has 0 saturated carbocycles. The summed E-state index contributed by atoms with van der Waals surface area (Å²) < 4.78 is 54.8. The molecule has 0 fully saturated rings. The van der Waals surface area contributed by atoms with Crippen molar-refractivity contribution in [2.75, 3.05) is 6.61 Å². The van der Waals surface area contributed by atoms with Gasteiger partial charge in [-0.15, -0.1) is 0 Å². The molecule has 1 aromatic heterocycles. The summed E-state index contributed by atoms with van der Waals surface area (Å²) in [5.74, 6) is -0.329. The molecule has 9 heteroatoms. The van der Waals surface area contributed by atoms with Gasteiger partial charge in [-0.05, 0) is 60.5 Å². The van der Waals surface area contributed by atoms with Crippen LogP contribution in [0.15, 0.2) is 59.0 Å². The zero-order chi connectivity index (χ0) is 24.0. The number of carboxylic acid groups (broad SMARTS) is 1. The number of halogens is 3. The van der Waals surface area contributed by atoms with Crippen molar-refractivity contribution >= 4 is 17.6 Å². The number of allylic oxidation sites excluding steroid dienone is 1. The first kappa shape index (κ1) is 23.5. The summed E-state index contributed by atoms with van der Waals surface area (Å²) in [5.41, 5.74) is 0.302. The first-order valence-corrected chi connectivity index (χ1v) is 9.72. The second-order valence-corrected chi connectivity index (χ2v) is 6.74. The summed E-state index contributed by atoms with van der Waals surface area (Å²) in [5, 5.41) is 18.4. The van der Waals surface area contributed by atoms with Crippen LogP contribution in [0.25, 0.3) is 11.6 Å². The molecule has 2 aromatic carbocycles. The van der Waals surface area contributed by atoms with Gasteiger partial charge in [-0.1, -0.05) is 18.2 Å². The number of ether oxygens (including phenoxy) is 2. The van der Waals surface area contributed by atoms with Crippen LogP contribution in [0.1, 0.15) is 39.9 Å². The van der Waals surface area contributed by atoms with E-state index in [4.69, 9.17) is 19.0 Å². The highest BCUT2D eigenvalue weighted by Gasteiger charge is 2.30. The molecule has 0 aliphatic heterocycles. The summed E-state index contributed by atoms with van der Waals surface area (Å²) in [6, 6.07) is 14.0. The number of benzene rings is 2. The zero-order valence-corrected chi connectivity index (χ0v) is 17.3. The smallest absolute Gasteiger partial charge is 0.416 e. The molecule has 33 heavy (non-hydrogen) atoms. The van der Waals surface area contributed by atoms with Gasteiger partial charge in [0.1, 0.15) is 12.4 Å². The number of rotatable bonds is 8. The predicted octanol–water partition coefficient (Wildman–Crippen LogP) is 6.04. The third-order valence-corrected chi connectivity index (χ3v) is 4.46. The van der Waals surface area contributed by atoms with E-state index in [1.807, 2.05) is 6.07 Å². The molecule has 0 bridgehead atoms. The molecule has 0 aliphatic carbocycles. The number of nitrogens with zero attached hydrogens (tertiary/aromatic N) is 1. The molecule has 0 radical (unpaired) electrons. The third kappa shape index (κ3) is 5.95. The molecule has 0 unspecified atom stereocenters. The van der Waals surface area contributed by atoms with Crippen molar-refractivity contribution in [3.8, 4) is 17.6 Å². The predicted molar refractivity (Wildman–Crippen MR) is 113 cm³/mol. The zero-order valence-electron chi connectivity index (χ0n) is 17.3. The molecule has 0 amide bonds. The van der Waals surface area contributed by atoms with Crippen molar-refractivity contribution in [2.24, 2.45) is 0 Å². The second kappa shape index (κ2) is 9.96. The average molecular weight is 457 g/mol. The van der Waals surface area contributed by atoms with Gasteiger partial charge in [0.25, 0.3) is 0 Å². The van der Waals surface area contributed by atoms with Crippen LogP contribution in [-0.2, 0) is 12.8 Å². The summed E-state index contributed by atoms with van der Waals surface area (Å²) >= 11 is 0. The van der Waals surface area contributed by atoms with Crippen molar-refractivity contribution < 1.29 is 37.0 Å². The second-order valence-electron chi connectivity index (χ2n) is 6.74. The minimum atomic E-state index is -4.46. The number of aromatic carboxylic acids is 1. The molecule has 170 valence electrons. The largest absolute Gasteiger partial charge is 0.490 e. The number of carboxylic acids is 1. The van der Waals surface area contributed by atoms with E-state index in [9.17, 15) is 23.2 Å². The maximum Gasteiger partial charge on any atom is 0.416 e. The quantitative estimate of drug-likeness (QED) is 0.328. The van der Waals surface area contributed by atoms with Crippen LogP contribution in [0.5, 0.6) is 11.5 Å². The van der Waals surface area contributed by atoms with E-state index in [-0.39, 0.29) is 17.9 Å². The Morgan fingerprint density at radius 3 is 2.39 bits per heavy atom. The summed E-state index contributed by atoms with van der Waals surface area (Å²) in [6.07, 6.45) is -2.93. The number of nitriles is 1. The van der Waals surface area contributed by atoms with Gasteiger partial charge in [0.05, 0.1) is 23.8 Å². The van der Waals surface area contributed by atoms with Gasteiger partial charge in [0, 0.05) is 0 Å². The Balaban J connectivity index is 1.82. The molecular weight excluding hydrogens is 439 g/mol. The highest BCUT2D eigenvalue weighted by atomic mass is 19.4. The Morgan fingerprint density at radius 2 is 1.82 bits per heavy atom. The topological polar surface area (TPSA) is 92.7 Å². The van der Waals surface area contributed by atoms with Crippen LogP contribution in [0, 0.1) is 11.3 Å². The van der Waals surface area contributed by atoms with E-state index < -0.39 is 17.7 Å². The highest BCUT2D eigenvalue weighted by molar-refractivity contribution is 5.90. The Morgan fingerprint density at radius 1 is 1.09 bits per heavy atom. The van der Waals surface area contributed by atoms with Crippen LogP contribution in [0.3, 0.4) is 0 Å². The number of hydrogen-bond donors (Lipinski definition) is 1. The highest BCUT2D eigenvalue weighted by Crippen LogP contribution is 2.32. The molecule has 0 atom stereocenters. The Hall–Kier alpha value is -4.19. The van der Waals surface area contributed by atoms with Gasteiger partial charge >= 0.3 is 12.1 Å². The van der Waals surface area contributed by atoms with Gasteiger partial charge in [0.15, 0.2) is 11.5 Å². The van der Waals surface area contributed by atoms with Crippen LogP contribution in [-0.4, -0.2) is 17.7 Å². The first-order chi connectivity index (χ1) is 15.7. The van der Waals surface area contributed by atoms with E-state index in [0.717, 1.165) is 12.1 Å². The molecule has 0 spiro atoms. The van der Waals surface area contributed by atoms with Crippen LogP contribution in [0.2, 0.25) is 0 Å². The van der Waals surface area contributed by atoms with Crippen LogP contribution < -0.4 is 9.47 Å². The lowest BCUT2D eigenvalue weighted by molar-refractivity contribution is -0.137. The number of hydrogen-bond acceptors (Lipinski definition) is 5. The van der Waals surface area contributed by atoms with Crippen molar-refractivity contribution in [1.82, 2.24) is 0 Å². The van der Waals surface area contributed by atoms with E-state index in [1.165, 1.54) is 30.3 Å². The molecule has 1 N–H and O–H groups in total. The van der Waals surface area contributed by atoms with Crippen molar-refractivity contribution in [1.29, 1.82) is 5.26 Å². The molecule has 3 rings (SSSR count). The minimum Gasteiger partial charge on any atom is -0.490 e.